The minimum atomic E-state index is 0.924. The third-order valence-electron chi connectivity index (χ3n) is 1.89. The van der Waals surface area contributed by atoms with Gasteiger partial charge in [-0.2, -0.15) is 0 Å². The van der Waals surface area contributed by atoms with Gasteiger partial charge in [-0.1, -0.05) is 6.07 Å². The van der Waals surface area contributed by atoms with Crippen molar-refractivity contribution in [3.8, 4) is 11.3 Å². The molecule has 0 spiro atoms. The van der Waals surface area contributed by atoms with Crippen LogP contribution in [0.1, 0.15) is 5.56 Å². The van der Waals surface area contributed by atoms with Crippen LogP contribution in [0.2, 0.25) is 0 Å². The highest BCUT2D eigenvalue weighted by Crippen LogP contribution is 2.17. The van der Waals surface area contributed by atoms with Gasteiger partial charge in [0, 0.05) is 18.0 Å². The normalized spacial score (nSPS) is 9.92. The van der Waals surface area contributed by atoms with Gasteiger partial charge in [0.15, 0.2) is 0 Å². The quantitative estimate of drug-likeness (QED) is 0.654. The van der Waals surface area contributed by atoms with Crippen LogP contribution in [0.4, 0.5) is 0 Å². The molecule has 0 aliphatic heterocycles. The first kappa shape index (κ1) is 7.92. The lowest BCUT2D eigenvalue weighted by Gasteiger charge is -2.01. The Morgan fingerprint density at radius 2 is 2.08 bits per heavy atom. The zero-order chi connectivity index (χ0) is 9.10. The predicted octanol–water partition coefficient (Wildman–Crippen LogP) is 2.25. The van der Waals surface area contributed by atoms with E-state index < -0.39 is 0 Å². The van der Waals surface area contributed by atoms with Crippen LogP contribution in [0.15, 0.2) is 36.7 Å². The molecule has 0 saturated carbocycles. The van der Waals surface area contributed by atoms with E-state index in [1.54, 1.807) is 12.4 Å². The molecule has 0 amide bonds. The molecule has 0 N–H and O–H groups in total. The Labute approximate surface area is 77.3 Å². The molecular formula is C11H9N2. The lowest BCUT2D eigenvalue weighted by molar-refractivity contribution is 1.24. The molecule has 0 aliphatic carbocycles. The summed E-state index contributed by atoms with van der Waals surface area (Å²) < 4.78 is 0. The molecule has 0 aliphatic rings. The molecule has 0 fully saturated rings. The van der Waals surface area contributed by atoms with Crippen LogP contribution in [0.5, 0.6) is 0 Å². The zero-order valence-electron chi connectivity index (χ0n) is 7.36. The summed E-state index contributed by atoms with van der Waals surface area (Å²) in [5, 5.41) is 0. The molecule has 2 nitrogen and oxygen atoms in total. The summed E-state index contributed by atoms with van der Waals surface area (Å²) >= 11 is 0. The van der Waals surface area contributed by atoms with Crippen molar-refractivity contribution in [3.05, 3.63) is 48.4 Å². The van der Waals surface area contributed by atoms with E-state index in [4.69, 9.17) is 0 Å². The van der Waals surface area contributed by atoms with E-state index in [2.05, 4.69) is 16.2 Å². The summed E-state index contributed by atoms with van der Waals surface area (Å²) in [7, 11) is 0. The number of aromatic nitrogens is 2. The average Bonchev–Trinajstić information content (AvgIpc) is 2.20. The summed E-state index contributed by atoms with van der Waals surface area (Å²) in [6.07, 6.45) is 6.45. The van der Waals surface area contributed by atoms with Crippen LogP contribution in [-0.2, 0) is 0 Å². The molecule has 0 saturated heterocycles. The van der Waals surface area contributed by atoms with E-state index in [1.165, 1.54) is 0 Å². The molecule has 1 radical (unpaired) electrons. The third-order valence-corrected chi connectivity index (χ3v) is 1.89. The van der Waals surface area contributed by atoms with Crippen molar-refractivity contribution in [2.75, 3.05) is 0 Å². The molecule has 0 atom stereocenters. The Balaban J connectivity index is 2.54. The van der Waals surface area contributed by atoms with Gasteiger partial charge in [-0.25, -0.2) is 0 Å². The first-order chi connectivity index (χ1) is 6.38. The standard InChI is InChI=1S/C11H9N2/c1-9-5-7-12-8-10(9)11-4-2-3-6-13-11/h2-7H,1H3. The molecule has 2 aromatic heterocycles. The molecule has 0 unspecified atom stereocenters. The van der Waals surface area contributed by atoms with Crippen molar-refractivity contribution >= 4 is 0 Å². The Morgan fingerprint density at radius 1 is 1.15 bits per heavy atom. The van der Waals surface area contributed by atoms with Crippen molar-refractivity contribution in [1.82, 2.24) is 9.97 Å². The second kappa shape index (κ2) is 3.35. The molecule has 2 rings (SSSR count). The summed E-state index contributed by atoms with van der Waals surface area (Å²) in [5.41, 5.74) is 3.05. The molecular weight excluding hydrogens is 160 g/mol. The number of hydrogen-bond donors (Lipinski definition) is 0. The van der Waals surface area contributed by atoms with E-state index in [1.807, 2.05) is 31.2 Å². The highest BCUT2D eigenvalue weighted by Gasteiger charge is 2.01. The fraction of sp³-hybridized carbons (Fsp3) is 0.0909. The first-order valence-electron chi connectivity index (χ1n) is 4.12. The summed E-state index contributed by atoms with van der Waals surface area (Å²) in [6, 6.07) is 7.78. The van der Waals surface area contributed by atoms with Crippen molar-refractivity contribution in [3.63, 3.8) is 0 Å². The second-order valence-electron chi connectivity index (χ2n) is 2.83. The Hall–Kier alpha value is -1.70. The fourth-order valence-corrected chi connectivity index (χ4v) is 1.19. The molecule has 0 aromatic carbocycles. The number of rotatable bonds is 1. The number of aryl methyl sites for hydroxylation is 1. The van der Waals surface area contributed by atoms with Crippen LogP contribution < -0.4 is 0 Å². The molecule has 13 heavy (non-hydrogen) atoms. The van der Waals surface area contributed by atoms with E-state index in [9.17, 15) is 0 Å². The number of nitrogens with zero attached hydrogens (tertiary/aromatic N) is 2. The fourth-order valence-electron chi connectivity index (χ4n) is 1.19. The summed E-state index contributed by atoms with van der Waals surface area (Å²) in [4.78, 5) is 8.20. The van der Waals surface area contributed by atoms with Crippen LogP contribution in [0, 0.1) is 13.1 Å². The van der Waals surface area contributed by atoms with Gasteiger partial charge in [-0.3, -0.25) is 9.97 Å². The SMILES string of the molecule is Cc1ccn[c]c1-c1ccccn1. The van der Waals surface area contributed by atoms with Crippen molar-refractivity contribution in [2.45, 2.75) is 6.92 Å². The summed E-state index contributed by atoms with van der Waals surface area (Å²) in [5.74, 6) is 0. The van der Waals surface area contributed by atoms with E-state index in [0.29, 0.717) is 0 Å². The van der Waals surface area contributed by atoms with Gasteiger partial charge in [0.05, 0.1) is 11.9 Å². The van der Waals surface area contributed by atoms with Crippen molar-refractivity contribution in [1.29, 1.82) is 0 Å². The van der Waals surface area contributed by atoms with Gasteiger partial charge < -0.3 is 0 Å². The minimum absolute atomic E-state index is 0.924. The molecule has 2 heteroatoms. The third kappa shape index (κ3) is 1.56. The Kier molecular flexibility index (Phi) is 2.04. The van der Waals surface area contributed by atoms with Gasteiger partial charge in [0.1, 0.15) is 0 Å². The highest BCUT2D eigenvalue weighted by molar-refractivity contribution is 5.60. The molecule has 2 aromatic rings. The Bertz CT molecular complexity index is 396. The maximum absolute atomic E-state index is 4.24. The summed E-state index contributed by atoms with van der Waals surface area (Å²) in [6.45, 7) is 2.03. The van der Waals surface area contributed by atoms with Gasteiger partial charge in [0.2, 0.25) is 0 Å². The van der Waals surface area contributed by atoms with Crippen molar-refractivity contribution in [2.24, 2.45) is 0 Å². The van der Waals surface area contributed by atoms with Crippen LogP contribution in [0.3, 0.4) is 0 Å². The highest BCUT2D eigenvalue weighted by atomic mass is 14.7. The van der Waals surface area contributed by atoms with Gasteiger partial charge >= 0.3 is 0 Å². The van der Waals surface area contributed by atoms with Gasteiger partial charge in [-0.05, 0) is 30.7 Å². The molecule has 0 bridgehead atoms. The molecule has 63 valence electrons. The zero-order valence-corrected chi connectivity index (χ0v) is 7.36. The maximum atomic E-state index is 4.24. The van der Waals surface area contributed by atoms with Crippen molar-refractivity contribution < 1.29 is 0 Å². The largest absolute Gasteiger partial charge is 0.256 e. The van der Waals surface area contributed by atoms with E-state index in [-0.39, 0.29) is 0 Å². The average molecular weight is 169 g/mol. The first-order valence-corrected chi connectivity index (χ1v) is 4.12. The predicted molar refractivity (Wildman–Crippen MR) is 51.0 cm³/mol. The van der Waals surface area contributed by atoms with Gasteiger partial charge in [0.25, 0.3) is 0 Å². The van der Waals surface area contributed by atoms with Gasteiger partial charge in [-0.15, -0.1) is 0 Å². The van der Waals surface area contributed by atoms with Crippen LogP contribution >= 0.6 is 0 Å². The second-order valence-corrected chi connectivity index (χ2v) is 2.83. The smallest absolute Gasteiger partial charge is 0.0989 e. The lowest BCUT2D eigenvalue weighted by atomic mass is 10.1. The monoisotopic (exact) mass is 169 g/mol. The lowest BCUT2D eigenvalue weighted by Crippen LogP contribution is -1.87. The van der Waals surface area contributed by atoms with E-state index in [0.717, 1.165) is 16.8 Å². The number of hydrogen-bond acceptors (Lipinski definition) is 2. The number of pyridine rings is 2. The van der Waals surface area contributed by atoms with Crippen LogP contribution in [0.25, 0.3) is 11.3 Å². The van der Waals surface area contributed by atoms with Crippen LogP contribution in [-0.4, -0.2) is 9.97 Å². The minimum Gasteiger partial charge on any atom is -0.256 e. The topological polar surface area (TPSA) is 25.8 Å². The molecule has 2 heterocycles. The maximum Gasteiger partial charge on any atom is 0.0989 e. The van der Waals surface area contributed by atoms with E-state index >= 15 is 0 Å². The Morgan fingerprint density at radius 3 is 2.77 bits per heavy atom.